The number of carboxylic acids is 1. The van der Waals surface area contributed by atoms with Crippen LogP contribution < -0.4 is 15.0 Å². The summed E-state index contributed by atoms with van der Waals surface area (Å²) < 4.78 is 5.47. The molecule has 0 atom stereocenters. The fourth-order valence-electron chi connectivity index (χ4n) is 4.40. The van der Waals surface area contributed by atoms with Crippen LogP contribution in [0.15, 0.2) is 48.5 Å². The van der Waals surface area contributed by atoms with Crippen LogP contribution in [0.3, 0.4) is 0 Å². The lowest BCUT2D eigenvalue weighted by atomic mass is 10.1. The molecule has 2 N–H and O–H groups in total. The summed E-state index contributed by atoms with van der Waals surface area (Å²) in [5.41, 5.74) is 2.52. The van der Waals surface area contributed by atoms with Crippen molar-refractivity contribution < 1.29 is 19.4 Å². The van der Waals surface area contributed by atoms with Crippen molar-refractivity contribution >= 4 is 34.3 Å². The van der Waals surface area contributed by atoms with Crippen molar-refractivity contribution in [3.8, 4) is 5.75 Å². The highest BCUT2D eigenvalue weighted by Gasteiger charge is 2.22. The van der Waals surface area contributed by atoms with Crippen LogP contribution >= 0.6 is 0 Å². The second-order valence-corrected chi connectivity index (χ2v) is 8.79. The number of benzene rings is 2. The standard InChI is InChI=1S/C27H32N4O4/c1-3-4-9-26(32)28-20-10-11-23-21(16-20)22(27(33)34)17-25(29-23)31-14-12-30(13-15-31)18-19-7-5-6-8-24(19)35-2/h5-8,10-11,16-17H,3-4,9,12-15,18H2,1-2H3,(H,28,32)(H,33,34). The van der Waals surface area contributed by atoms with Crippen molar-refractivity contribution in [3.05, 3.63) is 59.7 Å². The highest BCUT2D eigenvalue weighted by Crippen LogP contribution is 2.27. The largest absolute Gasteiger partial charge is 0.496 e. The molecule has 2 aromatic carbocycles. The Morgan fingerprint density at radius 1 is 1.09 bits per heavy atom. The van der Waals surface area contributed by atoms with Crippen LogP contribution in [0.25, 0.3) is 10.9 Å². The van der Waals surface area contributed by atoms with Crippen molar-refractivity contribution in [1.29, 1.82) is 0 Å². The number of carboxylic acid groups (broad SMARTS) is 1. The number of unbranched alkanes of at least 4 members (excludes halogenated alkanes) is 1. The molecule has 4 rings (SSSR count). The van der Waals surface area contributed by atoms with Crippen molar-refractivity contribution in [3.63, 3.8) is 0 Å². The summed E-state index contributed by atoms with van der Waals surface area (Å²) in [6.45, 7) is 6.00. The molecule has 1 amide bonds. The number of hydrogen-bond donors (Lipinski definition) is 2. The van der Waals surface area contributed by atoms with Gasteiger partial charge in [-0.3, -0.25) is 9.69 Å². The van der Waals surface area contributed by atoms with Gasteiger partial charge < -0.3 is 20.1 Å². The number of carbonyl (C=O) groups is 2. The molecule has 0 saturated carbocycles. The number of nitrogens with one attached hydrogen (secondary N) is 1. The van der Waals surface area contributed by atoms with E-state index in [-0.39, 0.29) is 11.5 Å². The van der Waals surface area contributed by atoms with Gasteiger partial charge in [-0.05, 0) is 36.8 Å². The number of fused-ring (bicyclic) bond motifs is 1. The van der Waals surface area contributed by atoms with E-state index in [0.29, 0.717) is 28.8 Å². The summed E-state index contributed by atoms with van der Waals surface area (Å²) in [5.74, 6) is 0.464. The number of methoxy groups -OCH3 is 1. The predicted octanol–water partition coefficient (Wildman–Crippen LogP) is 4.39. The molecule has 0 unspecified atom stereocenters. The van der Waals surface area contributed by atoms with Crippen molar-refractivity contribution in [1.82, 2.24) is 9.88 Å². The molecular weight excluding hydrogens is 444 g/mol. The van der Waals surface area contributed by atoms with E-state index >= 15 is 0 Å². The second-order valence-electron chi connectivity index (χ2n) is 8.79. The Hall–Kier alpha value is -3.65. The van der Waals surface area contributed by atoms with E-state index in [1.165, 1.54) is 0 Å². The Balaban J connectivity index is 1.49. The number of nitrogens with zero attached hydrogens (tertiary/aromatic N) is 3. The van der Waals surface area contributed by atoms with E-state index < -0.39 is 5.97 Å². The van der Waals surface area contributed by atoms with Gasteiger partial charge in [-0.2, -0.15) is 0 Å². The summed E-state index contributed by atoms with van der Waals surface area (Å²) in [5, 5.41) is 13.3. The van der Waals surface area contributed by atoms with Gasteiger partial charge in [0.1, 0.15) is 11.6 Å². The van der Waals surface area contributed by atoms with Crippen LogP contribution in [0.5, 0.6) is 5.75 Å². The van der Waals surface area contributed by atoms with E-state index in [0.717, 1.165) is 56.9 Å². The van der Waals surface area contributed by atoms with Crippen LogP contribution in [0.4, 0.5) is 11.5 Å². The van der Waals surface area contributed by atoms with Gasteiger partial charge in [0, 0.05) is 55.8 Å². The van der Waals surface area contributed by atoms with Crippen molar-refractivity contribution in [2.24, 2.45) is 0 Å². The number of ether oxygens (including phenoxy) is 1. The highest BCUT2D eigenvalue weighted by atomic mass is 16.5. The number of para-hydroxylation sites is 1. The minimum absolute atomic E-state index is 0.0707. The zero-order valence-corrected chi connectivity index (χ0v) is 20.3. The Kier molecular flexibility index (Phi) is 7.82. The molecule has 1 aliphatic heterocycles. The molecule has 184 valence electrons. The first kappa shape index (κ1) is 24.5. The maximum Gasteiger partial charge on any atom is 0.336 e. The molecule has 0 bridgehead atoms. The van der Waals surface area contributed by atoms with Gasteiger partial charge in [0.05, 0.1) is 18.2 Å². The van der Waals surface area contributed by atoms with Crippen LogP contribution in [0, 0.1) is 0 Å². The Morgan fingerprint density at radius 3 is 2.57 bits per heavy atom. The van der Waals surface area contributed by atoms with Crippen LogP contribution in [-0.4, -0.2) is 60.2 Å². The fourth-order valence-corrected chi connectivity index (χ4v) is 4.40. The lowest BCUT2D eigenvalue weighted by molar-refractivity contribution is -0.116. The summed E-state index contributed by atoms with van der Waals surface area (Å²) in [6, 6.07) is 14.9. The third-order valence-corrected chi connectivity index (χ3v) is 6.35. The Morgan fingerprint density at radius 2 is 1.86 bits per heavy atom. The fraction of sp³-hybridized carbons (Fsp3) is 0.370. The van der Waals surface area contributed by atoms with Crippen molar-refractivity contribution in [2.75, 3.05) is 43.5 Å². The van der Waals surface area contributed by atoms with Gasteiger partial charge in [0.15, 0.2) is 0 Å². The number of aromatic carboxylic acids is 1. The zero-order chi connectivity index (χ0) is 24.8. The average Bonchev–Trinajstić information content (AvgIpc) is 2.87. The zero-order valence-electron chi connectivity index (χ0n) is 20.3. The van der Waals surface area contributed by atoms with E-state index in [2.05, 4.69) is 21.2 Å². The Labute approximate surface area is 205 Å². The van der Waals surface area contributed by atoms with E-state index in [9.17, 15) is 14.7 Å². The van der Waals surface area contributed by atoms with Gasteiger partial charge in [-0.25, -0.2) is 9.78 Å². The number of piperazine rings is 1. The first-order chi connectivity index (χ1) is 17.0. The molecule has 0 spiro atoms. The molecule has 1 aliphatic rings. The second kappa shape index (κ2) is 11.2. The molecule has 1 saturated heterocycles. The number of amides is 1. The Bertz CT molecular complexity index is 1210. The normalized spacial score (nSPS) is 14.2. The van der Waals surface area contributed by atoms with E-state index in [1.807, 2.05) is 25.1 Å². The predicted molar refractivity (Wildman–Crippen MR) is 137 cm³/mol. The third kappa shape index (κ3) is 5.89. The summed E-state index contributed by atoms with van der Waals surface area (Å²) in [7, 11) is 1.69. The molecule has 35 heavy (non-hydrogen) atoms. The summed E-state index contributed by atoms with van der Waals surface area (Å²) >= 11 is 0. The highest BCUT2D eigenvalue weighted by molar-refractivity contribution is 6.05. The van der Waals surface area contributed by atoms with E-state index in [4.69, 9.17) is 9.72 Å². The number of hydrogen-bond acceptors (Lipinski definition) is 6. The molecule has 1 aromatic heterocycles. The van der Waals surface area contributed by atoms with Gasteiger partial charge in [0.25, 0.3) is 0 Å². The lowest BCUT2D eigenvalue weighted by Crippen LogP contribution is -2.46. The number of rotatable bonds is 9. The first-order valence-electron chi connectivity index (χ1n) is 12.1. The van der Waals surface area contributed by atoms with Gasteiger partial charge in [-0.1, -0.05) is 31.5 Å². The SMILES string of the molecule is CCCCC(=O)Nc1ccc2nc(N3CCN(Cc4ccccc4OC)CC3)cc(C(=O)O)c2c1. The third-order valence-electron chi connectivity index (χ3n) is 6.35. The smallest absolute Gasteiger partial charge is 0.336 e. The average molecular weight is 477 g/mol. The summed E-state index contributed by atoms with van der Waals surface area (Å²) in [4.78, 5) is 33.4. The molecular formula is C27H32N4O4. The van der Waals surface area contributed by atoms with Gasteiger partial charge in [-0.15, -0.1) is 0 Å². The molecule has 0 radical (unpaired) electrons. The number of pyridine rings is 1. The number of aromatic nitrogens is 1. The maximum atomic E-state index is 12.1. The maximum absolute atomic E-state index is 12.1. The van der Waals surface area contributed by atoms with Gasteiger partial charge in [0.2, 0.25) is 5.91 Å². The number of carbonyl (C=O) groups excluding carboxylic acids is 1. The van der Waals surface area contributed by atoms with Gasteiger partial charge >= 0.3 is 5.97 Å². The molecule has 8 heteroatoms. The van der Waals surface area contributed by atoms with Crippen LogP contribution in [-0.2, 0) is 11.3 Å². The molecule has 2 heterocycles. The molecule has 1 fully saturated rings. The minimum Gasteiger partial charge on any atom is -0.496 e. The van der Waals surface area contributed by atoms with Crippen molar-refractivity contribution in [2.45, 2.75) is 32.7 Å². The van der Waals surface area contributed by atoms with E-state index in [1.54, 1.807) is 31.4 Å². The first-order valence-corrected chi connectivity index (χ1v) is 12.1. The monoisotopic (exact) mass is 476 g/mol. The molecule has 3 aromatic rings. The minimum atomic E-state index is -1.01. The molecule has 8 nitrogen and oxygen atoms in total. The van der Waals surface area contributed by atoms with Crippen LogP contribution in [0.1, 0.15) is 42.1 Å². The van der Waals surface area contributed by atoms with Crippen LogP contribution in [0.2, 0.25) is 0 Å². The lowest BCUT2D eigenvalue weighted by Gasteiger charge is -2.35. The molecule has 0 aliphatic carbocycles. The summed E-state index contributed by atoms with van der Waals surface area (Å²) in [6.07, 6.45) is 2.20. The quantitative estimate of drug-likeness (QED) is 0.473. The topological polar surface area (TPSA) is 95.0 Å². The number of anilines is 2.